The summed E-state index contributed by atoms with van der Waals surface area (Å²) in [5.41, 5.74) is 8.10. The summed E-state index contributed by atoms with van der Waals surface area (Å²) in [6, 6.07) is 12.6. The summed E-state index contributed by atoms with van der Waals surface area (Å²) >= 11 is 0. The van der Waals surface area contributed by atoms with E-state index < -0.39 is 6.10 Å². The van der Waals surface area contributed by atoms with Crippen molar-refractivity contribution in [1.82, 2.24) is 5.32 Å². The Balaban J connectivity index is 0.00000338. The molecule has 0 saturated heterocycles. The summed E-state index contributed by atoms with van der Waals surface area (Å²) in [6.07, 6.45) is 0.0129. The normalized spacial score (nSPS) is 11.2. The number of anilines is 1. The van der Waals surface area contributed by atoms with Crippen LogP contribution in [0.3, 0.4) is 0 Å². The van der Waals surface area contributed by atoms with Gasteiger partial charge in [-0.25, -0.2) is 0 Å². The van der Waals surface area contributed by atoms with Gasteiger partial charge in [-0.05, 0) is 35.7 Å². The van der Waals surface area contributed by atoms with Gasteiger partial charge in [0.1, 0.15) is 11.5 Å². The number of aryl methyl sites for hydroxylation is 1. The highest BCUT2D eigenvalue weighted by atomic mass is 35.5. The maximum Gasteiger partial charge on any atom is 0.220 e. The number of hydrogen-bond acceptors (Lipinski definition) is 5. The third-order valence-corrected chi connectivity index (χ3v) is 3.93. The van der Waals surface area contributed by atoms with Crippen LogP contribution in [0.25, 0.3) is 0 Å². The Labute approximate surface area is 159 Å². The van der Waals surface area contributed by atoms with Gasteiger partial charge in [-0.1, -0.05) is 18.2 Å². The lowest BCUT2D eigenvalue weighted by Crippen LogP contribution is -2.28. The van der Waals surface area contributed by atoms with Crippen LogP contribution >= 0.6 is 12.4 Å². The zero-order chi connectivity index (χ0) is 18.2. The number of rotatable bonds is 8. The molecule has 0 aliphatic heterocycles. The van der Waals surface area contributed by atoms with E-state index in [0.717, 1.165) is 5.56 Å². The van der Waals surface area contributed by atoms with E-state index in [1.807, 2.05) is 24.3 Å². The van der Waals surface area contributed by atoms with Crippen molar-refractivity contribution in [2.24, 2.45) is 0 Å². The summed E-state index contributed by atoms with van der Waals surface area (Å²) in [4.78, 5) is 12.0. The topological polar surface area (TPSA) is 93.8 Å². The molecule has 26 heavy (non-hydrogen) atoms. The van der Waals surface area contributed by atoms with E-state index in [4.69, 9.17) is 15.2 Å². The first kappa shape index (κ1) is 21.6. The molecule has 0 aromatic heterocycles. The molecule has 4 N–H and O–H groups in total. The van der Waals surface area contributed by atoms with Gasteiger partial charge >= 0.3 is 0 Å². The van der Waals surface area contributed by atoms with Crippen molar-refractivity contribution >= 4 is 24.0 Å². The Morgan fingerprint density at radius 3 is 2.35 bits per heavy atom. The van der Waals surface area contributed by atoms with Crippen molar-refractivity contribution in [3.8, 4) is 11.5 Å². The number of para-hydroxylation sites is 1. The number of carbonyl (C=O) groups excluding carboxylic acids is 1. The van der Waals surface area contributed by atoms with Crippen LogP contribution in [-0.4, -0.2) is 31.8 Å². The fraction of sp³-hybridized carbons (Fsp3) is 0.316. The number of aliphatic hydroxyl groups excluding tert-OH is 1. The number of methoxy groups -OCH3 is 2. The lowest BCUT2D eigenvalue weighted by molar-refractivity contribution is -0.121. The molecule has 0 heterocycles. The average Bonchev–Trinajstić information content (AvgIpc) is 2.64. The molecule has 1 atom stereocenters. The van der Waals surface area contributed by atoms with Crippen LogP contribution in [0.15, 0.2) is 42.5 Å². The van der Waals surface area contributed by atoms with Crippen molar-refractivity contribution in [3.05, 3.63) is 53.6 Å². The second-order valence-electron chi connectivity index (χ2n) is 5.66. The first-order valence-corrected chi connectivity index (χ1v) is 8.04. The molecule has 0 radical (unpaired) electrons. The lowest BCUT2D eigenvalue weighted by atomic mass is 10.1. The highest BCUT2D eigenvalue weighted by Gasteiger charge is 2.13. The maximum absolute atomic E-state index is 12.0. The molecule has 2 aromatic rings. The van der Waals surface area contributed by atoms with Crippen LogP contribution in [0, 0.1) is 0 Å². The first-order valence-electron chi connectivity index (χ1n) is 8.04. The molecule has 0 spiro atoms. The molecule has 2 rings (SSSR count). The molecule has 6 nitrogen and oxygen atoms in total. The molecule has 0 fully saturated rings. The fourth-order valence-corrected chi connectivity index (χ4v) is 2.45. The number of amides is 1. The molecule has 0 aliphatic carbocycles. The standard InChI is InChI=1S/C19H24N2O4.ClH/c1-24-15-9-14(10-16(11-15)25-2)18(22)12-21-19(23)8-7-13-5-3-4-6-17(13)20;/h3-6,9-11,18,22H,7-8,12,20H2,1-2H3,(H,21,23);1H. The molecule has 2 aromatic carbocycles. The van der Waals surface area contributed by atoms with Gasteiger partial charge in [0.25, 0.3) is 0 Å². The number of benzene rings is 2. The van der Waals surface area contributed by atoms with E-state index in [1.165, 1.54) is 0 Å². The largest absolute Gasteiger partial charge is 0.497 e. The maximum atomic E-state index is 12.0. The second kappa shape index (κ2) is 10.5. The lowest BCUT2D eigenvalue weighted by Gasteiger charge is -2.15. The summed E-state index contributed by atoms with van der Waals surface area (Å²) in [6.45, 7) is 0.111. The van der Waals surface area contributed by atoms with Gasteiger partial charge in [0.2, 0.25) is 5.91 Å². The summed E-state index contributed by atoms with van der Waals surface area (Å²) in [5, 5.41) is 13.0. The minimum atomic E-state index is -0.852. The van der Waals surface area contributed by atoms with Crippen molar-refractivity contribution in [1.29, 1.82) is 0 Å². The molecule has 0 aliphatic rings. The first-order chi connectivity index (χ1) is 12.0. The van der Waals surface area contributed by atoms with Crippen LogP contribution < -0.4 is 20.5 Å². The Morgan fingerprint density at radius 2 is 1.77 bits per heavy atom. The third-order valence-electron chi connectivity index (χ3n) is 3.93. The van der Waals surface area contributed by atoms with Crippen molar-refractivity contribution in [2.45, 2.75) is 18.9 Å². The van der Waals surface area contributed by atoms with Crippen LogP contribution in [0.4, 0.5) is 5.69 Å². The van der Waals surface area contributed by atoms with E-state index in [0.29, 0.717) is 35.6 Å². The Kier molecular flexibility index (Phi) is 8.75. The third kappa shape index (κ3) is 6.13. The number of halogens is 1. The van der Waals surface area contributed by atoms with Gasteiger partial charge in [0.15, 0.2) is 0 Å². The van der Waals surface area contributed by atoms with Crippen LogP contribution in [0.2, 0.25) is 0 Å². The number of ether oxygens (including phenoxy) is 2. The zero-order valence-corrected chi connectivity index (χ0v) is 15.7. The van der Waals surface area contributed by atoms with Crippen molar-refractivity contribution in [3.63, 3.8) is 0 Å². The Morgan fingerprint density at radius 1 is 1.15 bits per heavy atom. The van der Waals surface area contributed by atoms with Gasteiger partial charge in [-0.15, -0.1) is 12.4 Å². The van der Waals surface area contributed by atoms with Gasteiger partial charge in [-0.3, -0.25) is 4.79 Å². The van der Waals surface area contributed by atoms with Gasteiger partial charge in [-0.2, -0.15) is 0 Å². The molecule has 0 saturated carbocycles. The average molecular weight is 381 g/mol. The zero-order valence-electron chi connectivity index (χ0n) is 14.9. The van der Waals surface area contributed by atoms with E-state index in [9.17, 15) is 9.90 Å². The van der Waals surface area contributed by atoms with Crippen LogP contribution in [0.5, 0.6) is 11.5 Å². The minimum absolute atomic E-state index is 0. The van der Waals surface area contributed by atoms with E-state index >= 15 is 0 Å². The molecule has 7 heteroatoms. The summed E-state index contributed by atoms with van der Waals surface area (Å²) in [7, 11) is 3.09. The van der Waals surface area contributed by atoms with Crippen LogP contribution in [-0.2, 0) is 11.2 Å². The second-order valence-corrected chi connectivity index (χ2v) is 5.66. The van der Waals surface area contributed by atoms with Crippen molar-refractivity contribution < 1.29 is 19.4 Å². The Hall–Kier alpha value is -2.44. The molecule has 1 amide bonds. The smallest absolute Gasteiger partial charge is 0.220 e. The van der Waals surface area contributed by atoms with Crippen molar-refractivity contribution in [2.75, 3.05) is 26.5 Å². The predicted molar refractivity (Wildman–Crippen MR) is 104 cm³/mol. The number of aliphatic hydroxyl groups is 1. The highest BCUT2D eigenvalue weighted by Crippen LogP contribution is 2.26. The number of hydrogen-bond donors (Lipinski definition) is 3. The Bertz CT molecular complexity index is 702. The summed E-state index contributed by atoms with van der Waals surface area (Å²) in [5.74, 6) is 1.02. The summed E-state index contributed by atoms with van der Waals surface area (Å²) < 4.78 is 10.4. The number of nitrogen functional groups attached to an aromatic ring is 1. The van der Waals surface area contributed by atoms with E-state index in [2.05, 4.69) is 5.32 Å². The number of nitrogens with one attached hydrogen (secondary N) is 1. The van der Waals surface area contributed by atoms with Gasteiger partial charge in [0.05, 0.1) is 20.3 Å². The monoisotopic (exact) mass is 380 g/mol. The number of nitrogens with two attached hydrogens (primary N) is 1. The molecular formula is C19H25ClN2O4. The predicted octanol–water partition coefficient (Wildman–Crippen LogP) is 2.49. The molecule has 0 bridgehead atoms. The number of carbonyl (C=O) groups is 1. The van der Waals surface area contributed by atoms with Crippen LogP contribution in [0.1, 0.15) is 23.7 Å². The van der Waals surface area contributed by atoms with E-state index in [1.54, 1.807) is 32.4 Å². The SMILES string of the molecule is COc1cc(OC)cc(C(O)CNC(=O)CCc2ccccc2N)c1.Cl. The fourth-order valence-electron chi connectivity index (χ4n) is 2.45. The van der Waals surface area contributed by atoms with E-state index in [-0.39, 0.29) is 24.9 Å². The molecule has 1 unspecified atom stereocenters. The highest BCUT2D eigenvalue weighted by molar-refractivity contribution is 5.85. The molecular weight excluding hydrogens is 356 g/mol. The molecule has 142 valence electrons. The van der Waals surface area contributed by atoms with Gasteiger partial charge < -0.3 is 25.6 Å². The van der Waals surface area contributed by atoms with Gasteiger partial charge in [0, 0.05) is 24.7 Å². The quantitative estimate of drug-likeness (QED) is 0.612. The minimum Gasteiger partial charge on any atom is -0.497 e.